The second-order valence-electron chi connectivity index (χ2n) is 30.0. The first-order chi connectivity index (χ1) is 46.6. The van der Waals surface area contributed by atoms with Gasteiger partial charge in [0.1, 0.15) is 19.3 Å². The molecule has 0 saturated heterocycles. The Morgan fingerprint density at radius 3 is 0.639 bits per heavy atom. The van der Waals surface area contributed by atoms with Gasteiger partial charge in [0.25, 0.3) is 0 Å². The van der Waals surface area contributed by atoms with Gasteiger partial charge in [-0.2, -0.15) is 0 Å². The van der Waals surface area contributed by atoms with Crippen LogP contribution in [0.25, 0.3) is 0 Å². The average Bonchev–Trinajstić information content (AvgIpc) is 1.19. The Bertz CT molecular complexity index is 1900. The molecule has 0 aromatic rings. The summed E-state index contributed by atoms with van der Waals surface area (Å²) in [5, 5.41) is 10.6. The highest BCUT2D eigenvalue weighted by Crippen LogP contribution is 2.45. The topological polar surface area (TPSA) is 237 Å². The third-order valence-corrected chi connectivity index (χ3v) is 20.0. The fourth-order valence-corrected chi connectivity index (χ4v) is 13.5. The summed E-state index contributed by atoms with van der Waals surface area (Å²) in [7, 11) is -9.92. The maximum absolute atomic E-state index is 13.1. The molecule has 0 rings (SSSR count). The molecule has 0 aliphatic rings. The Balaban J connectivity index is 5.23. The minimum atomic E-state index is -4.96. The number of hydrogen-bond donors (Lipinski definition) is 3. The zero-order chi connectivity index (χ0) is 71.7. The number of esters is 4. The van der Waals surface area contributed by atoms with E-state index in [2.05, 4.69) is 55.4 Å². The zero-order valence-electron chi connectivity index (χ0n) is 63.7. The Labute approximate surface area is 594 Å². The molecule has 0 aliphatic heterocycles. The summed E-state index contributed by atoms with van der Waals surface area (Å²) in [6.07, 6.45) is 52.9. The van der Waals surface area contributed by atoms with Crippen molar-refractivity contribution in [1.82, 2.24) is 0 Å². The molecule has 0 aromatic carbocycles. The standard InChI is InChI=1S/C78H152O17P2/c1-68(2)54-46-38-30-23-19-15-11-9-10-12-18-22-26-35-44-52-60-77(82)94-73(64-88-75(80)58-50-42-34-25-21-17-14-13-16-20-24-31-39-47-55-69(3)4)66-92-96(84,85)90-62-72(79)63-91-97(86,87)93-67-74(65-89-76(81)59-51-43-37-29-33-41-49-57-71(7)8)95-78(83)61-53-45-36-28-27-32-40-48-56-70(5)6/h68-74,79H,9-67H2,1-8H3,(H,84,85)(H,86,87)/t72?,73-,74-/m1/s1. The lowest BCUT2D eigenvalue weighted by atomic mass is 10.0. The highest BCUT2D eigenvalue weighted by molar-refractivity contribution is 7.47. The van der Waals surface area contributed by atoms with Crippen LogP contribution in [-0.4, -0.2) is 96.7 Å². The van der Waals surface area contributed by atoms with Crippen molar-refractivity contribution in [2.45, 2.75) is 414 Å². The molecule has 0 aliphatic carbocycles. The van der Waals surface area contributed by atoms with E-state index in [9.17, 15) is 43.2 Å². The van der Waals surface area contributed by atoms with Crippen molar-refractivity contribution in [3.8, 4) is 0 Å². The summed E-state index contributed by atoms with van der Waals surface area (Å²) in [6, 6.07) is 0. The molecule has 0 saturated carbocycles. The Kier molecular flexibility index (Phi) is 65.9. The number of phosphoric acid groups is 2. The SMILES string of the molecule is CC(C)CCCCCCCCCCCCCCCCCCC(=O)O[C@H](COC(=O)CCCCCCCCCCCCCCCCC(C)C)COP(=O)(O)OCC(O)COP(=O)(O)OC[C@@H](COC(=O)CCCCCCCCCC(C)C)OC(=O)CCCCCCCCCCC(C)C. The Morgan fingerprint density at radius 1 is 0.258 bits per heavy atom. The maximum Gasteiger partial charge on any atom is 0.472 e. The number of aliphatic hydroxyl groups excluding tert-OH is 1. The van der Waals surface area contributed by atoms with Gasteiger partial charge >= 0.3 is 39.5 Å². The third-order valence-electron chi connectivity index (χ3n) is 18.1. The van der Waals surface area contributed by atoms with E-state index in [4.69, 9.17) is 37.0 Å². The Morgan fingerprint density at radius 2 is 0.433 bits per heavy atom. The van der Waals surface area contributed by atoms with Crippen LogP contribution in [0.4, 0.5) is 0 Å². The highest BCUT2D eigenvalue weighted by atomic mass is 31.2. The smallest absolute Gasteiger partial charge is 0.462 e. The van der Waals surface area contributed by atoms with Gasteiger partial charge in [-0.3, -0.25) is 37.3 Å². The van der Waals surface area contributed by atoms with Crippen LogP contribution < -0.4 is 0 Å². The van der Waals surface area contributed by atoms with Crippen LogP contribution in [0.15, 0.2) is 0 Å². The van der Waals surface area contributed by atoms with Crippen molar-refractivity contribution in [2.75, 3.05) is 39.6 Å². The quantitative estimate of drug-likeness (QED) is 0.0222. The van der Waals surface area contributed by atoms with Gasteiger partial charge in [0.05, 0.1) is 26.4 Å². The number of carbonyl (C=O) groups is 4. The molecule has 97 heavy (non-hydrogen) atoms. The molecule has 0 bridgehead atoms. The zero-order valence-corrected chi connectivity index (χ0v) is 65.5. The third kappa shape index (κ3) is 72.2. The van der Waals surface area contributed by atoms with Crippen LogP contribution in [0.5, 0.6) is 0 Å². The molecule has 17 nitrogen and oxygen atoms in total. The number of hydrogen-bond acceptors (Lipinski definition) is 15. The molecule has 5 atom stereocenters. The predicted octanol–water partition coefficient (Wildman–Crippen LogP) is 22.8. The highest BCUT2D eigenvalue weighted by Gasteiger charge is 2.30. The Hall–Kier alpha value is -1.94. The van der Waals surface area contributed by atoms with Gasteiger partial charge in [0, 0.05) is 25.7 Å². The van der Waals surface area contributed by atoms with Crippen LogP contribution >= 0.6 is 15.6 Å². The number of ether oxygens (including phenoxy) is 4. The second-order valence-corrected chi connectivity index (χ2v) is 32.9. The summed E-state index contributed by atoms with van der Waals surface area (Å²) >= 11 is 0. The largest absolute Gasteiger partial charge is 0.472 e. The van der Waals surface area contributed by atoms with Crippen molar-refractivity contribution in [3.05, 3.63) is 0 Å². The van der Waals surface area contributed by atoms with Crippen LogP contribution in [0, 0.1) is 23.7 Å². The average molecular weight is 1420 g/mol. The van der Waals surface area contributed by atoms with Gasteiger partial charge in [-0.1, -0.05) is 344 Å². The van der Waals surface area contributed by atoms with E-state index < -0.39 is 97.5 Å². The lowest BCUT2D eigenvalue weighted by molar-refractivity contribution is -0.161. The van der Waals surface area contributed by atoms with Gasteiger partial charge in [-0.15, -0.1) is 0 Å². The van der Waals surface area contributed by atoms with Crippen molar-refractivity contribution in [3.63, 3.8) is 0 Å². The predicted molar refractivity (Wildman–Crippen MR) is 395 cm³/mol. The minimum Gasteiger partial charge on any atom is -0.462 e. The molecule has 0 spiro atoms. The minimum absolute atomic E-state index is 0.103. The summed E-state index contributed by atoms with van der Waals surface area (Å²) in [6.45, 7) is 14.2. The van der Waals surface area contributed by atoms with Crippen molar-refractivity contribution < 1.29 is 80.2 Å². The molecule has 3 N–H and O–H groups in total. The second kappa shape index (κ2) is 67.2. The fraction of sp³-hybridized carbons (Fsp3) is 0.949. The number of aliphatic hydroxyl groups is 1. The first kappa shape index (κ1) is 95.1. The first-order valence-corrected chi connectivity index (χ1v) is 43.2. The van der Waals surface area contributed by atoms with Gasteiger partial charge in [-0.25, -0.2) is 9.13 Å². The van der Waals surface area contributed by atoms with Crippen LogP contribution in [-0.2, 0) is 65.4 Å². The van der Waals surface area contributed by atoms with E-state index in [-0.39, 0.29) is 25.7 Å². The number of phosphoric ester groups is 2. The molecular weight excluding hydrogens is 1270 g/mol. The van der Waals surface area contributed by atoms with E-state index in [1.54, 1.807) is 0 Å². The summed E-state index contributed by atoms with van der Waals surface area (Å²) in [5.74, 6) is 0.911. The molecule has 0 aromatic heterocycles. The summed E-state index contributed by atoms with van der Waals surface area (Å²) in [4.78, 5) is 72.8. The summed E-state index contributed by atoms with van der Waals surface area (Å²) < 4.78 is 68.6. The lowest BCUT2D eigenvalue weighted by Crippen LogP contribution is -2.30. The molecule has 0 heterocycles. The molecule has 576 valence electrons. The van der Waals surface area contributed by atoms with Gasteiger partial charge in [0.15, 0.2) is 12.2 Å². The molecule has 19 heteroatoms. The number of rotatable bonds is 75. The molecule has 3 unspecified atom stereocenters. The maximum atomic E-state index is 13.1. The van der Waals surface area contributed by atoms with E-state index in [1.165, 1.54) is 193 Å². The molecular formula is C78H152O17P2. The molecule has 0 radical (unpaired) electrons. The van der Waals surface area contributed by atoms with E-state index >= 15 is 0 Å². The summed E-state index contributed by atoms with van der Waals surface area (Å²) in [5.41, 5.74) is 0. The number of carbonyl (C=O) groups excluding carboxylic acids is 4. The van der Waals surface area contributed by atoms with Crippen LogP contribution in [0.1, 0.15) is 396 Å². The van der Waals surface area contributed by atoms with E-state index in [0.717, 1.165) is 114 Å². The van der Waals surface area contributed by atoms with Crippen molar-refractivity contribution >= 4 is 39.5 Å². The van der Waals surface area contributed by atoms with Crippen molar-refractivity contribution in [2.24, 2.45) is 23.7 Å². The lowest BCUT2D eigenvalue weighted by Gasteiger charge is -2.21. The van der Waals surface area contributed by atoms with Gasteiger partial charge < -0.3 is 33.8 Å². The fourth-order valence-electron chi connectivity index (χ4n) is 11.9. The van der Waals surface area contributed by atoms with Crippen LogP contribution in [0.3, 0.4) is 0 Å². The normalized spacial score (nSPS) is 14.1. The van der Waals surface area contributed by atoms with Gasteiger partial charge in [0.2, 0.25) is 0 Å². The monoisotopic (exact) mass is 1420 g/mol. The number of unbranched alkanes of at least 4 members (excludes halogenated alkanes) is 41. The van der Waals surface area contributed by atoms with E-state index in [0.29, 0.717) is 31.6 Å². The van der Waals surface area contributed by atoms with E-state index in [1.807, 2.05) is 0 Å². The van der Waals surface area contributed by atoms with Crippen molar-refractivity contribution in [1.29, 1.82) is 0 Å². The van der Waals surface area contributed by atoms with Gasteiger partial charge in [-0.05, 0) is 49.4 Å². The molecule has 0 fully saturated rings. The first-order valence-electron chi connectivity index (χ1n) is 40.2. The van der Waals surface area contributed by atoms with Crippen LogP contribution in [0.2, 0.25) is 0 Å². The molecule has 0 amide bonds.